The van der Waals surface area contributed by atoms with E-state index in [1.54, 1.807) is 13.8 Å². The Labute approximate surface area is 249 Å². The van der Waals surface area contributed by atoms with Gasteiger partial charge in [0.15, 0.2) is 0 Å². The number of aliphatic imine (C=N–C) groups is 2. The van der Waals surface area contributed by atoms with E-state index in [4.69, 9.17) is 20.2 Å². The maximum atomic E-state index is 8.56. The van der Waals surface area contributed by atoms with E-state index >= 15 is 0 Å². The predicted molar refractivity (Wildman–Crippen MR) is 166 cm³/mol. The molecule has 0 heterocycles. The van der Waals surface area contributed by atoms with E-state index < -0.39 is 0 Å². The smallest absolute Gasteiger partial charge is 0.393 e. The summed E-state index contributed by atoms with van der Waals surface area (Å²) in [6, 6.07) is 21.8. The molecule has 0 radical (unpaired) electrons. The summed E-state index contributed by atoms with van der Waals surface area (Å²) < 4.78 is 0. The zero-order chi connectivity index (χ0) is 28.4. The first-order valence-corrected chi connectivity index (χ1v) is 13.7. The first kappa shape index (κ1) is 31.4. The molecule has 212 valence electrons. The van der Waals surface area contributed by atoms with Gasteiger partial charge < -0.3 is 10.2 Å². The van der Waals surface area contributed by atoms with Gasteiger partial charge in [-0.2, -0.15) is 0 Å². The Morgan fingerprint density at radius 2 is 0.950 bits per heavy atom. The van der Waals surface area contributed by atoms with Crippen molar-refractivity contribution in [2.24, 2.45) is 9.98 Å². The fourth-order valence-corrected chi connectivity index (χ4v) is 5.63. The Morgan fingerprint density at radius 3 is 1.25 bits per heavy atom. The van der Waals surface area contributed by atoms with Gasteiger partial charge in [-0.05, 0) is 89.5 Å². The van der Waals surface area contributed by atoms with E-state index in [1.165, 1.54) is 55.3 Å². The number of rotatable bonds is 4. The molecule has 1 aliphatic carbocycles. The number of aryl methyl sites for hydroxylation is 6. The SMILES string of the molecule is CC(O)CC(C)O.Cc1cc(C)c(N=C2C(=Nc3c(C)cc(C)cc3C)c3cccc4cccc2c34)c(C)c1.[Cu+]. The van der Waals surface area contributed by atoms with Crippen LogP contribution in [0.2, 0.25) is 0 Å². The van der Waals surface area contributed by atoms with Crippen LogP contribution in [0.4, 0.5) is 11.4 Å². The second-order valence-electron chi connectivity index (χ2n) is 11.1. The predicted octanol–water partition coefficient (Wildman–Crippen LogP) is 8.08. The summed E-state index contributed by atoms with van der Waals surface area (Å²) >= 11 is 0. The van der Waals surface area contributed by atoms with Gasteiger partial charge in [0.2, 0.25) is 0 Å². The third-order valence-electron chi connectivity index (χ3n) is 7.04. The molecule has 4 nitrogen and oxygen atoms in total. The van der Waals surface area contributed by atoms with Gasteiger partial charge in [-0.3, -0.25) is 0 Å². The van der Waals surface area contributed by atoms with Crippen LogP contribution in [0.5, 0.6) is 0 Å². The minimum atomic E-state index is -0.375. The van der Waals surface area contributed by atoms with Crippen LogP contribution in [-0.4, -0.2) is 33.8 Å². The average molecular weight is 584 g/mol. The maximum absolute atomic E-state index is 8.56. The number of hydrogen-bond acceptors (Lipinski definition) is 4. The molecule has 4 aromatic rings. The largest absolute Gasteiger partial charge is 1.00 e. The van der Waals surface area contributed by atoms with Gasteiger partial charge in [-0.1, -0.05) is 71.8 Å². The topological polar surface area (TPSA) is 65.2 Å². The van der Waals surface area contributed by atoms with Crippen molar-refractivity contribution in [2.75, 3.05) is 0 Å². The Bertz CT molecular complexity index is 1440. The van der Waals surface area contributed by atoms with E-state index in [1.807, 2.05) is 0 Å². The van der Waals surface area contributed by atoms with Crippen LogP contribution in [0.3, 0.4) is 0 Å². The van der Waals surface area contributed by atoms with E-state index in [-0.39, 0.29) is 29.3 Å². The molecule has 4 aromatic carbocycles. The number of aliphatic hydroxyl groups excluding tert-OH is 2. The Balaban J connectivity index is 0.000000492. The van der Waals surface area contributed by atoms with Gasteiger partial charge in [0.05, 0.1) is 35.0 Å². The molecule has 2 atom stereocenters. The van der Waals surface area contributed by atoms with Crippen LogP contribution in [0.25, 0.3) is 10.8 Å². The molecule has 0 saturated heterocycles. The molecule has 0 fully saturated rings. The fraction of sp³-hybridized carbons (Fsp3) is 0.314. The van der Waals surface area contributed by atoms with Crippen LogP contribution in [0.15, 0.2) is 70.6 Å². The summed E-state index contributed by atoms with van der Waals surface area (Å²) in [5.74, 6) is 0. The van der Waals surface area contributed by atoms with Crippen molar-refractivity contribution in [3.05, 3.63) is 105 Å². The third kappa shape index (κ3) is 6.79. The molecule has 0 aromatic heterocycles. The van der Waals surface area contributed by atoms with Crippen molar-refractivity contribution in [3.63, 3.8) is 0 Å². The maximum Gasteiger partial charge on any atom is 1.00 e. The van der Waals surface area contributed by atoms with Crippen molar-refractivity contribution in [1.29, 1.82) is 0 Å². The number of aliphatic hydroxyl groups is 2. The molecule has 40 heavy (non-hydrogen) atoms. The fourth-order valence-electron chi connectivity index (χ4n) is 5.63. The van der Waals surface area contributed by atoms with Gasteiger partial charge in [0.25, 0.3) is 0 Å². The molecule has 0 bridgehead atoms. The van der Waals surface area contributed by atoms with Crippen LogP contribution in [0.1, 0.15) is 64.8 Å². The number of hydrogen-bond donors (Lipinski definition) is 2. The molecule has 2 N–H and O–H groups in total. The van der Waals surface area contributed by atoms with Gasteiger partial charge in [-0.25, -0.2) is 9.98 Å². The minimum Gasteiger partial charge on any atom is -0.393 e. The Morgan fingerprint density at radius 1 is 0.600 bits per heavy atom. The molecule has 5 rings (SSSR count). The first-order chi connectivity index (χ1) is 18.5. The van der Waals surface area contributed by atoms with Crippen molar-refractivity contribution in [3.8, 4) is 0 Å². The summed E-state index contributed by atoms with van der Waals surface area (Å²) in [6.45, 7) is 16.2. The zero-order valence-corrected chi connectivity index (χ0v) is 25.7. The van der Waals surface area contributed by atoms with Gasteiger partial charge in [0, 0.05) is 16.5 Å². The molecule has 0 amide bonds. The standard InChI is InChI=1S/C30H28N2.C5H12O2.Cu/c1-17-13-19(3)27(20(4)14-17)31-29-24-11-7-9-23-10-8-12-25(26(23)24)30(29)32-28-21(5)15-18(2)16-22(28)6;1-4(6)3-5(2)7;/h7-16H,1-6H3;4-7H,3H2,1-2H3;/q;;+1. The Kier molecular flexibility index (Phi) is 10.3. The summed E-state index contributed by atoms with van der Waals surface area (Å²) in [4.78, 5) is 10.6. The molecule has 2 unspecified atom stereocenters. The van der Waals surface area contributed by atoms with E-state index in [0.717, 1.165) is 22.8 Å². The van der Waals surface area contributed by atoms with Gasteiger partial charge in [-0.15, -0.1) is 0 Å². The van der Waals surface area contributed by atoms with Crippen molar-refractivity contribution in [1.82, 2.24) is 0 Å². The summed E-state index contributed by atoms with van der Waals surface area (Å²) in [7, 11) is 0. The first-order valence-electron chi connectivity index (χ1n) is 13.7. The summed E-state index contributed by atoms with van der Waals surface area (Å²) in [6.07, 6.45) is -0.278. The van der Waals surface area contributed by atoms with Crippen LogP contribution in [0, 0.1) is 41.5 Å². The second kappa shape index (κ2) is 13.1. The monoisotopic (exact) mass is 583 g/mol. The minimum absolute atomic E-state index is 0. The van der Waals surface area contributed by atoms with Crippen molar-refractivity contribution in [2.45, 2.75) is 74.0 Å². The normalized spacial score (nSPS) is 15.6. The van der Waals surface area contributed by atoms with Gasteiger partial charge >= 0.3 is 17.1 Å². The van der Waals surface area contributed by atoms with E-state index in [9.17, 15) is 0 Å². The molecule has 0 saturated carbocycles. The quantitative estimate of drug-likeness (QED) is 0.238. The van der Waals surface area contributed by atoms with Crippen LogP contribution >= 0.6 is 0 Å². The number of benzene rings is 4. The molecule has 0 aliphatic heterocycles. The zero-order valence-electron chi connectivity index (χ0n) is 24.7. The van der Waals surface area contributed by atoms with Crippen molar-refractivity contribution >= 4 is 33.6 Å². The van der Waals surface area contributed by atoms with E-state index in [0.29, 0.717) is 6.42 Å². The van der Waals surface area contributed by atoms with Crippen molar-refractivity contribution < 1.29 is 27.3 Å². The van der Waals surface area contributed by atoms with Crippen LogP contribution < -0.4 is 0 Å². The van der Waals surface area contributed by atoms with Crippen LogP contribution in [-0.2, 0) is 17.1 Å². The molecular formula is C35H40CuN2O2+. The molecule has 0 spiro atoms. The van der Waals surface area contributed by atoms with E-state index in [2.05, 4.69) is 102 Å². The molecule has 5 heteroatoms. The Hall–Kier alpha value is -3.08. The molecule has 1 aliphatic rings. The summed E-state index contributed by atoms with van der Waals surface area (Å²) in [5, 5.41) is 19.6. The van der Waals surface area contributed by atoms with Gasteiger partial charge in [0.1, 0.15) is 0 Å². The summed E-state index contributed by atoms with van der Waals surface area (Å²) in [5.41, 5.74) is 13.7. The second-order valence-corrected chi connectivity index (χ2v) is 11.1. The third-order valence-corrected chi connectivity index (χ3v) is 7.04. The number of nitrogens with zero attached hydrogens (tertiary/aromatic N) is 2. The average Bonchev–Trinajstić information content (AvgIpc) is 3.12. The molecular weight excluding hydrogens is 544 g/mol.